The summed E-state index contributed by atoms with van der Waals surface area (Å²) in [6, 6.07) is 3.58. The van der Waals surface area contributed by atoms with Gasteiger partial charge in [-0.15, -0.1) is 0 Å². The molecular formula is C20H18ClF6N5S. The highest BCUT2D eigenvalue weighted by Gasteiger charge is 2.36. The zero-order valence-electron chi connectivity index (χ0n) is 16.9. The third-order valence-corrected chi connectivity index (χ3v) is 5.42. The SMILES string of the molecule is NC(=S)N/N=C/c1cc(F)c(N2CCN(Cc3c(C(F)(F)F)ccc(Cl)c3F)CC2)cc1F. The predicted molar refractivity (Wildman–Crippen MR) is 118 cm³/mol. The Morgan fingerprint density at radius 1 is 1.12 bits per heavy atom. The molecule has 0 unspecified atom stereocenters. The number of nitrogens with one attached hydrogen (secondary N) is 1. The monoisotopic (exact) mass is 509 g/mol. The molecule has 1 fully saturated rings. The fraction of sp³-hybridized carbons (Fsp3) is 0.300. The van der Waals surface area contributed by atoms with Crippen LogP contribution in [0.3, 0.4) is 0 Å². The Hall–Kier alpha value is -2.57. The van der Waals surface area contributed by atoms with E-state index in [2.05, 4.69) is 22.7 Å². The molecule has 33 heavy (non-hydrogen) atoms. The first-order valence-electron chi connectivity index (χ1n) is 9.56. The first-order chi connectivity index (χ1) is 15.5. The lowest BCUT2D eigenvalue weighted by molar-refractivity contribution is -0.138. The number of nitrogens with zero attached hydrogens (tertiary/aromatic N) is 3. The van der Waals surface area contributed by atoms with Gasteiger partial charge in [0.15, 0.2) is 5.11 Å². The van der Waals surface area contributed by atoms with Gasteiger partial charge < -0.3 is 10.6 Å². The lowest BCUT2D eigenvalue weighted by Gasteiger charge is -2.36. The standard InChI is InChI=1S/C20H18ClF6N5S/c21-14-2-1-13(20(25,26)27)12(18(14)24)10-31-3-5-32(6-4-31)17-8-15(22)11(7-16(17)23)9-29-30-19(28)33/h1-2,7-9H,3-6,10H2,(H3,28,30,33)/b29-9+. The topological polar surface area (TPSA) is 56.9 Å². The predicted octanol–water partition coefficient (Wildman–Crippen LogP) is 4.27. The zero-order valence-corrected chi connectivity index (χ0v) is 18.5. The summed E-state index contributed by atoms with van der Waals surface area (Å²) >= 11 is 10.2. The van der Waals surface area contributed by atoms with Crippen LogP contribution in [0.1, 0.15) is 16.7 Å². The largest absolute Gasteiger partial charge is 0.416 e. The van der Waals surface area contributed by atoms with Crippen LogP contribution in [-0.4, -0.2) is 42.4 Å². The lowest BCUT2D eigenvalue weighted by atomic mass is 10.0. The van der Waals surface area contributed by atoms with Crippen molar-refractivity contribution >= 4 is 40.8 Å². The first kappa shape index (κ1) is 25.1. The molecule has 1 aliphatic rings. The molecule has 1 saturated heterocycles. The lowest BCUT2D eigenvalue weighted by Crippen LogP contribution is -2.46. The molecule has 0 atom stereocenters. The maximum absolute atomic E-state index is 14.6. The van der Waals surface area contributed by atoms with E-state index in [9.17, 15) is 26.3 Å². The van der Waals surface area contributed by atoms with E-state index in [1.165, 1.54) is 0 Å². The Labute approximate surface area is 195 Å². The van der Waals surface area contributed by atoms with E-state index >= 15 is 0 Å². The van der Waals surface area contributed by atoms with E-state index in [4.69, 9.17) is 17.3 Å². The number of benzene rings is 2. The minimum Gasteiger partial charge on any atom is -0.375 e. The van der Waals surface area contributed by atoms with Crippen LogP contribution >= 0.6 is 23.8 Å². The summed E-state index contributed by atoms with van der Waals surface area (Å²) < 4.78 is 83.2. The van der Waals surface area contributed by atoms with Gasteiger partial charge in [-0.05, 0) is 30.4 Å². The molecule has 0 spiro atoms. The molecule has 0 aromatic heterocycles. The molecule has 0 saturated carbocycles. The molecule has 2 aromatic carbocycles. The molecule has 13 heteroatoms. The van der Waals surface area contributed by atoms with E-state index in [0.29, 0.717) is 0 Å². The number of piperazine rings is 1. The molecule has 0 radical (unpaired) electrons. The first-order valence-corrected chi connectivity index (χ1v) is 10.3. The minimum atomic E-state index is -4.74. The fourth-order valence-corrected chi connectivity index (χ4v) is 3.67. The summed E-state index contributed by atoms with van der Waals surface area (Å²) in [7, 11) is 0. The van der Waals surface area contributed by atoms with Gasteiger partial charge in [-0.1, -0.05) is 11.6 Å². The van der Waals surface area contributed by atoms with Crippen molar-refractivity contribution in [2.45, 2.75) is 12.7 Å². The summed E-state index contributed by atoms with van der Waals surface area (Å²) in [4.78, 5) is 3.15. The summed E-state index contributed by atoms with van der Waals surface area (Å²) in [6.45, 7) is 0.459. The van der Waals surface area contributed by atoms with Crippen LogP contribution in [0.4, 0.5) is 32.0 Å². The average Bonchev–Trinajstić information content (AvgIpc) is 2.73. The molecular weight excluding hydrogens is 492 g/mol. The number of rotatable bonds is 5. The molecule has 0 aliphatic carbocycles. The van der Waals surface area contributed by atoms with Crippen molar-refractivity contribution in [1.82, 2.24) is 10.3 Å². The maximum Gasteiger partial charge on any atom is 0.416 e. The summed E-state index contributed by atoms with van der Waals surface area (Å²) in [5.41, 5.74) is 5.65. The fourth-order valence-electron chi connectivity index (χ4n) is 3.44. The third kappa shape index (κ3) is 6.06. The van der Waals surface area contributed by atoms with Crippen LogP contribution in [0.2, 0.25) is 5.02 Å². The Morgan fingerprint density at radius 2 is 1.79 bits per heavy atom. The number of hydrogen-bond donors (Lipinski definition) is 2. The molecule has 0 amide bonds. The number of halogens is 7. The summed E-state index contributed by atoms with van der Waals surface area (Å²) in [6.07, 6.45) is -3.71. The average molecular weight is 510 g/mol. The van der Waals surface area contributed by atoms with Crippen molar-refractivity contribution < 1.29 is 26.3 Å². The Bertz CT molecular complexity index is 1070. The minimum absolute atomic E-state index is 0.00322. The van der Waals surface area contributed by atoms with Crippen molar-refractivity contribution in [2.75, 3.05) is 31.1 Å². The van der Waals surface area contributed by atoms with Crippen LogP contribution in [0, 0.1) is 17.5 Å². The van der Waals surface area contributed by atoms with Crippen molar-refractivity contribution in [1.29, 1.82) is 0 Å². The van der Waals surface area contributed by atoms with Gasteiger partial charge in [0, 0.05) is 49.9 Å². The highest BCUT2D eigenvalue weighted by atomic mass is 35.5. The highest BCUT2D eigenvalue weighted by molar-refractivity contribution is 7.80. The summed E-state index contributed by atoms with van der Waals surface area (Å²) in [5.74, 6) is -2.57. The van der Waals surface area contributed by atoms with Crippen LogP contribution in [0.15, 0.2) is 29.4 Å². The van der Waals surface area contributed by atoms with Crippen LogP contribution < -0.4 is 16.1 Å². The molecule has 178 valence electrons. The van der Waals surface area contributed by atoms with Gasteiger partial charge in [-0.3, -0.25) is 10.3 Å². The van der Waals surface area contributed by atoms with Gasteiger partial charge in [-0.25, -0.2) is 13.2 Å². The molecule has 1 aliphatic heterocycles. The summed E-state index contributed by atoms with van der Waals surface area (Å²) in [5, 5.41) is 3.05. The number of alkyl halides is 3. The Kier molecular flexibility index (Phi) is 7.70. The quantitative estimate of drug-likeness (QED) is 0.273. The van der Waals surface area contributed by atoms with Gasteiger partial charge in [0.05, 0.1) is 22.5 Å². The van der Waals surface area contributed by atoms with Gasteiger partial charge in [0.2, 0.25) is 0 Å². The number of anilines is 1. The maximum atomic E-state index is 14.6. The molecule has 5 nitrogen and oxygen atoms in total. The molecule has 0 bridgehead atoms. The van der Waals surface area contributed by atoms with E-state index in [-0.39, 0.29) is 49.1 Å². The van der Waals surface area contributed by atoms with E-state index in [1.807, 2.05) is 0 Å². The van der Waals surface area contributed by atoms with Crippen molar-refractivity contribution in [3.8, 4) is 0 Å². The number of hydrogen-bond acceptors (Lipinski definition) is 4. The number of thiocarbonyl (C=S) groups is 1. The van der Waals surface area contributed by atoms with Crippen LogP contribution in [-0.2, 0) is 12.7 Å². The van der Waals surface area contributed by atoms with Gasteiger partial charge in [0.1, 0.15) is 17.5 Å². The molecule has 1 heterocycles. The third-order valence-electron chi connectivity index (χ3n) is 5.04. The van der Waals surface area contributed by atoms with Gasteiger partial charge in [-0.2, -0.15) is 18.3 Å². The Morgan fingerprint density at radius 3 is 2.39 bits per heavy atom. The van der Waals surface area contributed by atoms with E-state index in [0.717, 1.165) is 30.5 Å². The van der Waals surface area contributed by atoms with Crippen LogP contribution in [0.5, 0.6) is 0 Å². The van der Waals surface area contributed by atoms with Gasteiger partial charge >= 0.3 is 6.18 Å². The van der Waals surface area contributed by atoms with E-state index < -0.39 is 39.8 Å². The Balaban J connectivity index is 1.71. The molecule has 3 rings (SSSR count). The second kappa shape index (κ2) is 10.1. The highest BCUT2D eigenvalue weighted by Crippen LogP contribution is 2.36. The van der Waals surface area contributed by atoms with Crippen LogP contribution in [0.25, 0.3) is 0 Å². The second-order valence-corrected chi connectivity index (χ2v) is 8.05. The zero-order chi connectivity index (χ0) is 24.3. The number of hydrazone groups is 1. The molecule has 3 N–H and O–H groups in total. The molecule has 2 aromatic rings. The second-order valence-electron chi connectivity index (χ2n) is 7.21. The normalized spacial score (nSPS) is 15.3. The van der Waals surface area contributed by atoms with Crippen molar-refractivity contribution in [3.05, 3.63) is 63.4 Å². The smallest absolute Gasteiger partial charge is 0.375 e. The van der Waals surface area contributed by atoms with Gasteiger partial charge in [0.25, 0.3) is 0 Å². The van der Waals surface area contributed by atoms with E-state index in [1.54, 1.807) is 9.80 Å². The van der Waals surface area contributed by atoms with Crippen molar-refractivity contribution in [2.24, 2.45) is 10.8 Å². The van der Waals surface area contributed by atoms with Crippen molar-refractivity contribution in [3.63, 3.8) is 0 Å². The number of nitrogens with two attached hydrogens (primary N) is 1.